The first kappa shape index (κ1) is 59.5. The fourth-order valence-electron chi connectivity index (χ4n) is 14.8. The smallest absolute Gasteiger partial charge is 0.306 e. The van der Waals surface area contributed by atoms with E-state index >= 15 is 0 Å². The van der Waals surface area contributed by atoms with Gasteiger partial charge in [-0.25, -0.2) is 0 Å². The highest BCUT2D eigenvalue weighted by atomic mass is 16.6. The molecule has 0 aromatic heterocycles. The molecule has 10 unspecified atom stereocenters. The summed E-state index contributed by atoms with van der Waals surface area (Å²) < 4.78 is 29.2. The van der Waals surface area contributed by atoms with Crippen LogP contribution in [-0.2, 0) is 39.0 Å². The Balaban J connectivity index is 0.000000246. The van der Waals surface area contributed by atoms with E-state index in [0.717, 1.165) is 90.8 Å². The van der Waals surface area contributed by atoms with E-state index in [2.05, 4.69) is 46.0 Å². The first-order valence-electron chi connectivity index (χ1n) is 29.2. The highest BCUT2D eigenvalue weighted by molar-refractivity contribution is 5.78. The van der Waals surface area contributed by atoms with Gasteiger partial charge in [-0.2, -0.15) is 0 Å². The lowest BCUT2D eigenvalue weighted by molar-refractivity contribution is -0.154. The van der Waals surface area contributed by atoms with Crippen molar-refractivity contribution in [3.05, 3.63) is 107 Å². The fourth-order valence-corrected chi connectivity index (χ4v) is 14.8. The Kier molecular flexibility index (Phi) is 21.3. The monoisotopic (exact) mass is 1060 g/mol. The third-order valence-corrected chi connectivity index (χ3v) is 19.1. The SMILES string of the molecule is CC(C)CCCC(C)C1CCC2C3CC=C4CC(OC=O)CCC4(C)C3CCC12C.CNCCCCCC(=O)N1CC(COC(c2ccccc2)(c2ccc(OC)cc2)c2ccc(OC)cc2)C(OC(=O)CCC(=O)O)C1. The standard InChI is InChI=1S/C37H46N2O8.C28H46O2/c1-38-23-9-5-8-12-34(40)39-24-27(33(25-39)47-36(43)22-21-35(41)42)26-46-37(28-10-6-4-7-11-28,29-13-17-31(44-2)18-14-29)30-15-19-32(45-3)20-16-30;1-19(2)7-6-8-20(3)24-11-12-25-23-10-9-21-17-22(30-18-29)13-15-27(21,4)26(23)14-16-28(24,25)5/h4,6-7,10-11,13-20,27,33,38H,5,8-9,12,21-26H2,1-3H3,(H,41,42);9,18-20,22-26H,6-8,10-17H2,1-5H3. The van der Waals surface area contributed by atoms with Crippen molar-refractivity contribution in [2.45, 2.75) is 162 Å². The summed E-state index contributed by atoms with van der Waals surface area (Å²) in [5.74, 6) is 4.70. The van der Waals surface area contributed by atoms with Crippen molar-refractivity contribution in [2.75, 3.05) is 47.5 Å². The number of carbonyl (C=O) groups is 4. The van der Waals surface area contributed by atoms with Crippen molar-refractivity contribution in [3.63, 3.8) is 0 Å². The molecule has 0 spiro atoms. The van der Waals surface area contributed by atoms with Gasteiger partial charge in [0.2, 0.25) is 5.91 Å². The highest BCUT2D eigenvalue weighted by Gasteiger charge is 2.59. The van der Waals surface area contributed by atoms with E-state index in [1.165, 1.54) is 57.8 Å². The summed E-state index contributed by atoms with van der Waals surface area (Å²) in [7, 11) is 5.14. The summed E-state index contributed by atoms with van der Waals surface area (Å²) in [5.41, 5.74) is 4.06. The van der Waals surface area contributed by atoms with Crippen LogP contribution in [0.15, 0.2) is 90.5 Å². The topological polar surface area (TPSA) is 150 Å². The van der Waals surface area contributed by atoms with E-state index in [1.54, 1.807) is 24.7 Å². The molecule has 3 aromatic rings. The maximum absolute atomic E-state index is 13.3. The first-order chi connectivity index (χ1) is 37.1. The molecular weight excluding hydrogens is 969 g/mol. The number of carboxylic acids is 1. The summed E-state index contributed by atoms with van der Waals surface area (Å²) in [6.45, 7) is 14.8. The van der Waals surface area contributed by atoms with E-state index < -0.39 is 23.6 Å². The van der Waals surface area contributed by atoms with Gasteiger partial charge in [-0.15, -0.1) is 0 Å². The van der Waals surface area contributed by atoms with E-state index in [0.29, 0.717) is 41.8 Å². The number of aliphatic carboxylic acids is 1. The summed E-state index contributed by atoms with van der Waals surface area (Å²) in [6.07, 6.45) is 19.1. The lowest BCUT2D eigenvalue weighted by atomic mass is 9.47. The Morgan fingerprint density at radius 1 is 0.779 bits per heavy atom. The van der Waals surface area contributed by atoms with Crippen LogP contribution in [0, 0.1) is 52.3 Å². The minimum Gasteiger partial charge on any atom is -0.497 e. The number of nitrogens with zero attached hydrogens (tertiary/aromatic N) is 1. The maximum Gasteiger partial charge on any atom is 0.306 e. The number of unbranched alkanes of at least 4 members (excludes halogenated alkanes) is 2. The molecule has 5 aliphatic rings. The number of amides is 1. The van der Waals surface area contributed by atoms with Crippen molar-refractivity contribution in [1.82, 2.24) is 10.2 Å². The number of fused-ring (bicyclic) bond motifs is 5. The lowest BCUT2D eigenvalue weighted by Crippen LogP contribution is -2.51. The van der Waals surface area contributed by atoms with Gasteiger partial charge < -0.3 is 39.0 Å². The predicted octanol–water partition coefficient (Wildman–Crippen LogP) is 12.6. The Bertz CT molecular complexity index is 2340. The van der Waals surface area contributed by atoms with Crippen molar-refractivity contribution in [3.8, 4) is 11.5 Å². The zero-order chi connectivity index (χ0) is 55.2. The number of allylic oxidation sites excluding steroid dienone is 1. The van der Waals surface area contributed by atoms with Crippen LogP contribution in [0.2, 0.25) is 0 Å². The van der Waals surface area contributed by atoms with Gasteiger partial charge in [0, 0.05) is 25.3 Å². The van der Waals surface area contributed by atoms with Crippen LogP contribution in [-0.4, -0.2) is 94.0 Å². The highest BCUT2D eigenvalue weighted by Crippen LogP contribution is 2.67. The maximum atomic E-state index is 13.3. The van der Waals surface area contributed by atoms with Crippen LogP contribution in [0.5, 0.6) is 11.5 Å². The molecule has 0 radical (unpaired) electrons. The molecule has 8 rings (SSSR count). The molecule has 1 aliphatic heterocycles. The molecule has 1 amide bonds. The zero-order valence-corrected chi connectivity index (χ0v) is 47.8. The van der Waals surface area contributed by atoms with Crippen LogP contribution in [0.4, 0.5) is 0 Å². The van der Waals surface area contributed by atoms with Crippen molar-refractivity contribution in [1.29, 1.82) is 0 Å². The molecule has 4 aliphatic carbocycles. The molecule has 10 atom stereocenters. The van der Waals surface area contributed by atoms with Crippen LogP contribution in [0.1, 0.15) is 160 Å². The molecule has 4 fully saturated rings. The van der Waals surface area contributed by atoms with Crippen LogP contribution >= 0.6 is 0 Å². The number of rotatable bonds is 25. The van der Waals surface area contributed by atoms with E-state index in [4.69, 9.17) is 28.8 Å². The van der Waals surface area contributed by atoms with E-state index in [1.807, 2.05) is 85.9 Å². The Labute approximate surface area is 460 Å². The molecule has 3 saturated carbocycles. The van der Waals surface area contributed by atoms with Crippen LogP contribution < -0.4 is 14.8 Å². The molecule has 12 heteroatoms. The van der Waals surface area contributed by atoms with Gasteiger partial charge in [0.1, 0.15) is 29.3 Å². The number of nitrogens with one attached hydrogen (secondary N) is 1. The number of carbonyl (C=O) groups excluding carboxylic acids is 3. The van der Waals surface area contributed by atoms with Crippen molar-refractivity contribution < 1.29 is 48.0 Å². The Morgan fingerprint density at radius 3 is 2.08 bits per heavy atom. The normalized spacial score (nSPS) is 26.9. The number of benzene rings is 3. The number of likely N-dealkylation sites (tertiary alicyclic amines) is 1. The van der Waals surface area contributed by atoms with Gasteiger partial charge >= 0.3 is 11.9 Å². The van der Waals surface area contributed by atoms with Gasteiger partial charge in [0.05, 0.1) is 40.2 Å². The second kappa shape index (κ2) is 27.6. The number of methoxy groups -OCH3 is 2. The molecule has 3 aromatic carbocycles. The van der Waals surface area contributed by atoms with Crippen LogP contribution in [0.25, 0.3) is 0 Å². The minimum absolute atomic E-state index is 0.00294. The number of carboxylic acid groups (broad SMARTS) is 1. The largest absolute Gasteiger partial charge is 0.497 e. The lowest BCUT2D eigenvalue weighted by Gasteiger charge is -2.58. The van der Waals surface area contributed by atoms with Gasteiger partial charge in [0.15, 0.2) is 0 Å². The molecule has 1 saturated heterocycles. The van der Waals surface area contributed by atoms with Gasteiger partial charge in [0.25, 0.3) is 6.47 Å². The fraction of sp³-hybridized carbons (Fsp3) is 0.631. The molecular formula is C65H92N2O10. The molecule has 2 N–H and O–H groups in total. The van der Waals surface area contributed by atoms with E-state index in [-0.39, 0.29) is 43.9 Å². The van der Waals surface area contributed by atoms with Gasteiger partial charge in [-0.3, -0.25) is 19.2 Å². The quantitative estimate of drug-likeness (QED) is 0.0274. The molecule has 422 valence electrons. The average molecular weight is 1060 g/mol. The molecule has 0 bridgehead atoms. The first-order valence-corrected chi connectivity index (χ1v) is 29.2. The number of ether oxygens (including phenoxy) is 5. The summed E-state index contributed by atoms with van der Waals surface area (Å²) in [6, 6.07) is 25.3. The third kappa shape index (κ3) is 14.2. The van der Waals surface area contributed by atoms with Gasteiger partial charge in [-0.1, -0.05) is 127 Å². The van der Waals surface area contributed by atoms with Crippen LogP contribution in [0.3, 0.4) is 0 Å². The minimum atomic E-state index is -1.08. The van der Waals surface area contributed by atoms with Gasteiger partial charge in [-0.05, 0) is 159 Å². The Morgan fingerprint density at radius 2 is 1.45 bits per heavy atom. The summed E-state index contributed by atoms with van der Waals surface area (Å²) in [4.78, 5) is 49.7. The second-order valence-corrected chi connectivity index (χ2v) is 24.1. The number of hydrogen-bond donors (Lipinski definition) is 2. The average Bonchev–Trinajstić information content (AvgIpc) is 4.08. The molecule has 1 heterocycles. The third-order valence-electron chi connectivity index (χ3n) is 19.1. The molecule has 12 nitrogen and oxygen atoms in total. The predicted molar refractivity (Wildman–Crippen MR) is 301 cm³/mol. The second-order valence-electron chi connectivity index (χ2n) is 24.1. The van der Waals surface area contributed by atoms with Crippen molar-refractivity contribution >= 4 is 24.3 Å². The number of esters is 1. The Hall–Kier alpha value is -5.20. The van der Waals surface area contributed by atoms with E-state index in [9.17, 15) is 19.2 Å². The summed E-state index contributed by atoms with van der Waals surface area (Å²) >= 11 is 0. The zero-order valence-electron chi connectivity index (χ0n) is 47.8. The van der Waals surface area contributed by atoms with Crippen molar-refractivity contribution in [2.24, 2.45) is 52.3 Å². The number of hydrogen-bond acceptors (Lipinski definition) is 10. The summed E-state index contributed by atoms with van der Waals surface area (Å²) in [5, 5.41) is 12.2. The molecule has 77 heavy (non-hydrogen) atoms.